The Morgan fingerprint density at radius 2 is 1.67 bits per heavy atom. The van der Waals surface area contributed by atoms with Gasteiger partial charge in [0.1, 0.15) is 0 Å². The number of anilines is 3. The van der Waals surface area contributed by atoms with Crippen LogP contribution in [0.25, 0.3) is 0 Å². The van der Waals surface area contributed by atoms with Crippen molar-refractivity contribution in [1.29, 1.82) is 0 Å². The van der Waals surface area contributed by atoms with Gasteiger partial charge >= 0.3 is 6.03 Å². The summed E-state index contributed by atoms with van der Waals surface area (Å²) >= 11 is 1.73. The third kappa shape index (κ3) is 7.55. The Balaban J connectivity index is 0.997. The minimum Gasteiger partial charge on any atom is -0.354 e. The molecule has 3 fully saturated rings. The first-order chi connectivity index (χ1) is 25.1. The van der Waals surface area contributed by atoms with Gasteiger partial charge in [-0.05, 0) is 61.9 Å². The lowest BCUT2D eigenvalue weighted by atomic mass is 10.0. The summed E-state index contributed by atoms with van der Waals surface area (Å²) in [6.45, 7) is 7.08. The molecule has 6 heterocycles. The summed E-state index contributed by atoms with van der Waals surface area (Å²) in [6, 6.07) is 8.87. The second kappa shape index (κ2) is 15.2. The van der Waals surface area contributed by atoms with Gasteiger partial charge in [0, 0.05) is 76.6 Å². The molecule has 17 heteroatoms. The minimum absolute atomic E-state index is 0.00993. The van der Waals surface area contributed by atoms with Gasteiger partial charge in [-0.1, -0.05) is 12.1 Å². The van der Waals surface area contributed by atoms with E-state index in [0.717, 1.165) is 67.4 Å². The van der Waals surface area contributed by atoms with E-state index in [2.05, 4.69) is 49.9 Å². The number of carbonyl (C=O) groups excluding carboxylic acids is 5. The van der Waals surface area contributed by atoms with Gasteiger partial charge in [0.15, 0.2) is 0 Å². The molecule has 3 saturated heterocycles. The number of hydrazine groups is 1. The van der Waals surface area contributed by atoms with Crippen molar-refractivity contribution in [2.24, 2.45) is 0 Å². The SMILES string of the molecule is CC(=O)N1CCCN(c2nc(NCCc3cccs3)nc(N3CCC(N(C)Cc4ccc5c(c4)C(=O)N(N4CCC(=O)NC4=O)C5=O)CC3)n2)CC1. The molecule has 2 N–H and O–H groups in total. The van der Waals surface area contributed by atoms with Crippen molar-refractivity contribution in [2.75, 3.05) is 74.5 Å². The zero-order valence-corrected chi connectivity index (χ0v) is 30.2. The van der Waals surface area contributed by atoms with E-state index in [9.17, 15) is 24.0 Å². The van der Waals surface area contributed by atoms with E-state index in [1.807, 2.05) is 11.0 Å². The number of imide groups is 2. The molecule has 7 rings (SSSR count). The maximum Gasteiger partial charge on any atom is 0.343 e. The van der Waals surface area contributed by atoms with Crippen LogP contribution in [0.15, 0.2) is 35.7 Å². The lowest BCUT2D eigenvalue weighted by molar-refractivity contribution is -0.128. The van der Waals surface area contributed by atoms with Crippen molar-refractivity contribution in [1.82, 2.24) is 40.1 Å². The van der Waals surface area contributed by atoms with Crippen LogP contribution in [0.1, 0.15) is 63.8 Å². The van der Waals surface area contributed by atoms with Gasteiger partial charge in [-0.3, -0.25) is 29.4 Å². The molecule has 4 aliphatic rings. The third-order valence-electron chi connectivity index (χ3n) is 10.1. The molecular formula is C35H43N11O5S. The number of piperidine rings is 1. The van der Waals surface area contributed by atoms with Crippen LogP contribution >= 0.6 is 11.3 Å². The first-order valence-corrected chi connectivity index (χ1v) is 18.6. The number of urea groups is 1. The fraction of sp³-hybridized carbons (Fsp3) is 0.486. The van der Waals surface area contributed by atoms with Gasteiger partial charge in [0.05, 0.1) is 17.7 Å². The van der Waals surface area contributed by atoms with Gasteiger partial charge < -0.3 is 20.0 Å². The Kier molecular flexibility index (Phi) is 10.3. The van der Waals surface area contributed by atoms with Crippen LogP contribution in [0.5, 0.6) is 0 Å². The molecule has 3 aromatic rings. The van der Waals surface area contributed by atoms with E-state index >= 15 is 0 Å². The van der Waals surface area contributed by atoms with Crippen molar-refractivity contribution in [2.45, 2.75) is 51.6 Å². The number of rotatable bonds is 10. The fourth-order valence-corrected chi connectivity index (χ4v) is 7.87. The molecule has 0 saturated carbocycles. The Labute approximate surface area is 305 Å². The molecule has 6 amide bonds. The quantitative estimate of drug-likeness (QED) is 0.293. The van der Waals surface area contributed by atoms with Crippen molar-refractivity contribution in [3.63, 3.8) is 0 Å². The average Bonchev–Trinajstić information content (AvgIpc) is 3.64. The number of fused-ring (bicyclic) bond motifs is 1. The van der Waals surface area contributed by atoms with Crippen molar-refractivity contribution >= 4 is 58.8 Å². The van der Waals surface area contributed by atoms with Crippen LogP contribution in [-0.4, -0.2) is 130 Å². The summed E-state index contributed by atoms with van der Waals surface area (Å²) in [5, 5.41) is 9.50. The first kappa shape index (κ1) is 35.3. The molecule has 4 aliphatic heterocycles. The summed E-state index contributed by atoms with van der Waals surface area (Å²) < 4.78 is 0. The minimum atomic E-state index is -0.782. The maximum absolute atomic E-state index is 13.3. The number of benzene rings is 1. The predicted molar refractivity (Wildman–Crippen MR) is 194 cm³/mol. The van der Waals surface area contributed by atoms with Gasteiger partial charge in [0.25, 0.3) is 11.8 Å². The second-order valence-electron chi connectivity index (χ2n) is 13.5. The molecule has 274 valence electrons. The number of aromatic nitrogens is 3. The average molecular weight is 730 g/mol. The lowest BCUT2D eigenvalue weighted by Crippen LogP contribution is -2.58. The van der Waals surface area contributed by atoms with Crippen molar-refractivity contribution < 1.29 is 24.0 Å². The third-order valence-corrected chi connectivity index (χ3v) is 11.0. The Morgan fingerprint density at radius 1 is 0.923 bits per heavy atom. The fourth-order valence-electron chi connectivity index (χ4n) is 7.16. The monoisotopic (exact) mass is 729 g/mol. The van der Waals surface area contributed by atoms with E-state index in [0.29, 0.717) is 44.0 Å². The smallest absolute Gasteiger partial charge is 0.343 e. The highest BCUT2D eigenvalue weighted by Gasteiger charge is 2.43. The van der Waals surface area contributed by atoms with Crippen LogP contribution in [0, 0.1) is 0 Å². The lowest BCUT2D eigenvalue weighted by Gasteiger charge is -2.37. The molecule has 0 radical (unpaired) electrons. The molecule has 16 nitrogen and oxygen atoms in total. The van der Waals surface area contributed by atoms with Gasteiger partial charge in [-0.25, -0.2) is 9.80 Å². The summed E-state index contributed by atoms with van der Waals surface area (Å²) in [7, 11) is 2.06. The summed E-state index contributed by atoms with van der Waals surface area (Å²) in [5.74, 6) is 0.285. The maximum atomic E-state index is 13.3. The number of nitrogens with zero attached hydrogens (tertiary/aromatic N) is 9. The van der Waals surface area contributed by atoms with Crippen LogP contribution < -0.4 is 20.4 Å². The van der Waals surface area contributed by atoms with Gasteiger partial charge in [-0.2, -0.15) is 20.0 Å². The number of amides is 6. The van der Waals surface area contributed by atoms with Crippen LogP contribution in [0.3, 0.4) is 0 Å². The van der Waals surface area contributed by atoms with Crippen LogP contribution in [0.4, 0.5) is 22.6 Å². The van der Waals surface area contributed by atoms with E-state index < -0.39 is 23.8 Å². The van der Waals surface area contributed by atoms with Crippen molar-refractivity contribution in [3.8, 4) is 0 Å². The molecule has 0 aliphatic carbocycles. The number of thiophene rings is 1. The highest BCUT2D eigenvalue weighted by atomic mass is 32.1. The van der Waals surface area contributed by atoms with Crippen LogP contribution in [-0.2, 0) is 22.6 Å². The molecule has 52 heavy (non-hydrogen) atoms. The van der Waals surface area contributed by atoms with Gasteiger partial charge in [-0.15, -0.1) is 11.3 Å². The van der Waals surface area contributed by atoms with Crippen LogP contribution in [0.2, 0.25) is 0 Å². The Bertz CT molecular complexity index is 1850. The highest BCUT2D eigenvalue weighted by Crippen LogP contribution is 2.28. The first-order valence-electron chi connectivity index (χ1n) is 17.8. The van der Waals surface area contributed by atoms with E-state index in [1.54, 1.807) is 30.4 Å². The molecular weight excluding hydrogens is 687 g/mol. The summed E-state index contributed by atoms with van der Waals surface area (Å²) in [5.41, 5.74) is 1.37. The molecule has 0 bridgehead atoms. The van der Waals surface area contributed by atoms with E-state index in [1.165, 1.54) is 4.88 Å². The highest BCUT2D eigenvalue weighted by molar-refractivity contribution is 7.09. The topological polar surface area (TPSA) is 168 Å². The van der Waals surface area contributed by atoms with Crippen molar-refractivity contribution in [3.05, 3.63) is 57.3 Å². The summed E-state index contributed by atoms with van der Waals surface area (Å²) in [6.07, 6.45) is 3.46. The second-order valence-corrected chi connectivity index (χ2v) is 14.6. The molecule has 0 unspecified atom stereocenters. The Morgan fingerprint density at radius 3 is 2.38 bits per heavy atom. The normalized spacial score (nSPS) is 18.6. The molecule has 0 spiro atoms. The molecule has 2 aromatic heterocycles. The van der Waals surface area contributed by atoms with Gasteiger partial charge in [0.2, 0.25) is 29.7 Å². The van der Waals surface area contributed by atoms with E-state index in [-0.39, 0.29) is 36.0 Å². The van der Waals surface area contributed by atoms with E-state index in [4.69, 9.17) is 15.0 Å². The summed E-state index contributed by atoms with van der Waals surface area (Å²) in [4.78, 5) is 86.8. The number of nitrogens with one attached hydrogen (secondary N) is 2. The Hall–Kier alpha value is -5.16. The molecule has 1 aromatic carbocycles. The molecule has 0 atom stereocenters. The number of carbonyl (C=O) groups is 5. The number of hydrogen-bond donors (Lipinski definition) is 2. The number of hydrogen-bond acceptors (Lipinski definition) is 13. The zero-order valence-electron chi connectivity index (χ0n) is 29.4. The largest absolute Gasteiger partial charge is 0.354 e. The standard InChI is InChI=1S/C35H43N11O5S/c1-23(47)42-13-4-14-43(19-18-42)33-38-32(36-12-8-26-5-3-20-52-26)39-34(40-33)44-15-9-25(10-16-44)41(2)22-24-6-7-27-28(21-24)31(50)46(30(27)49)45-17-11-29(48)37-35(45)51/h3,5-7,20-21,25H,4,8-19,22H2,1-2H3,(H,37,48,51)(H,36,38,39,40). The zero-order chi connectivity index (χ0) is 36.4. The predicted octanol–water partition coefficient (Wildman–Crippen LogP) is 2.20.